The van der Waals surface area contributed by atoms with Gasteiger partial charge in [0.05, 0.1) is 11.1 Å². The number of hydrogen-bond donors (Lipinski definition) is 2. The number of phosphoric acid groups is 2. The van der Waals surface area contributed by atoms with Crippen molar-refractivity contribution in [2.24, 2.45) is 0 Å². The van der Waals surface area contributed by atoms with Gasteiger partial charge in [-0.15, -0.1) is 0 Å². The van der Waals surface area contributed by atoms with Gasteiger partial charge in [0.2, 0.25) is 0 Å². The zero-order valence-electron chi connectivity index (χ0n) is 11.4. The summed E-state index contributed by atoms with van der Waals surface area (Å²) in [6, 6.07) is 4.35. The Morgan fingerprint density at radius 1 is 0.818 bits per heavy atom. The van der Waals surface area contributed by atoms with Crippen LogP contribution < -0.4 is 0 Å². The zero-order chi connectivity index (χ0) is 17.0. The zero-order valence-corrected chi connectivity index (χ0v) is 13.2. The predicted molar refractivity (Wildman–Crippen MR) is 70.9 cm³/mol. The minimum absolute atomic E-state index is 0.151. The molecule has 0 saturated heterocycles. The molecule has 2 unspecified atom stereocenters. The topological polar surface area (TPSA) is 146 Å². The highest BCUT2D eigenvalue weighted by atomic mass is 31.2. The Hall–Kier alpha value is -1.54. The van der Waals surface area contributed by atoms with E-state index in [2.05, 4.69) is 18.1 Å². The number of carbonyl (C=O) groups is 2. The van der Waals surface area contributed by atoms with Crippen molar-refractivity contribution >= 4 is 27.6 Å². The molecular weight excluding hydrogens is 342 g/mol. The first-order valence-corrected chi connectivity index (χ1v) is 8.44. The van der Waals surface area contributed by atoms with Crippen molar-refractivity contribution in [2.75, 3.05) is 14.2 Å². The lowest BCUT2D eigenvalue weighted by molar-refractivity contribution is 0.0641. The van der Waals surface area contributed by atoms with Gasteiger partial charge in [0.1, 0.15) is 0 Å². The first-order chi connectivity index (χ1) is 10.1. The molecule has 12 heteroatoms. The smallest absolute Gasteiger partial charge is 0.367 e. The molecule has 1 rings (SSSR count). The minimum Gasteiger partial charge on any atom is -0.367 e. The lowest BCUT2D eigenvalue weighted by Crippen LogP contribution is -2.07. The molecule has 0 aromatic heterocycles. The van der Waals surface area contributed by atoms with E-state index in [0.29, 0.717) is 0 Å². The van der Waals surface area contributed by atoms with Crippen LogP contribution >= 0.6 is 15.6 Å². The molecule has 2 N–H and O–H groups in total. The summed E-state index contributed by atoms with van der Waals surface area (Å²) in [6.07, 6.45) is 0. The Balaban J connectivity index is 2.83. The maximum atomic E-state index is 11.5. The summed E-state index contributed by atoms with van der Waals surface area (Å²) < 4.78 is 38.7. The third-order valence-corrected chi connectivity index (χ3v) is 3.93. The van der Waals surface area contributed by atoms with Crippen molar-refractivity contribution in [2.45, 2.75) is 0 Å². The van der Waals surface area contributed by atoms with E-state index in [4.69, 9.17) is 9.79 Å². The highest BCUT2D eigenvalue weighted by molar-refractivity contribution is 7.48. The summed E-state index contributed by atoms with van der Waals surface area (Å²) in [7, 11) is -7.20. The van der Waals surface area contributed by atoms with Crippen LogP contribution in [0, 0.1) is 0 Å². The van der Waals surface area contributed by atoms with E-state index in [1.165, 1.54) is 0 Å². The van der Waals surface area contributed by atoms with Gasteiger partial charge in [-0.2, -0.15) is 0 Å². The van der Waals surface area contributed by atoms with E-state index < -0.39 is 27.6 Å². The molecular formula is C10H12O10P2. The minimum atomic E-state index is -4.49. The van der Waals surface area contributed by atoms with Crippen LogP contribution in [-0.4, -0.2) is 35.9 Å². The lowest BCUT2D eigenvalue weighted by Gasteiger charge is -2.10. The van der Waals surface area contributed by atoms with Gasteiger partial charge in [0.15, 0.2) is 0 Å². The first kappa shape index (κ1) is 18.5. The van der Waals surface area contributed by atoms with Crippen LogP contribution in [0.5, 0.6) is 0 Å². The fourth-order valence-electron chi connectivity index (χ4n) is 1.13. The second-order valence-corrected chi connectivity index (χ2v) is 6.61. The Morgan fingerprint density at radius 2 is 1.09 bits per heavy atom. The molecule has 122 valence electrons. The standard InChI is InChI=1S/C10H12O10P2/c1-17-21(13,14)19-9(11)7-3-5-8(6-4-7)10(12)20-22(15,16)18-2/h3-6H,1-2H3,(H,13,14)(H,15,16). The van der Waals surface area contributed by atoms with E-state index in [1.54, 1.807) is 0 Å². The molecule has 10 nitrogen and oxygen atoms in total. The summed E-state index contributed by atoms with van der Waals surface area (Å²) in [5.41, 5.74) is -0.302. The molecule has 0 saturated carbocycles. The van der Waals surface area contributed by atoms with Gasteiger partial charge in [-0.05, 0) is 24.3 Å². The molecule has 0 aliphatic rings. The van der Waals surface area contributed by atoms with Gasteiger partial charge in [-0.25, -0.2) is 18.7 Å². The van der Waals surface area contributed by atoms with Gasteiger partial charge in [0, 0.05) is 14.2 Å². The van der Waals surface area contributed by atoms with Gasteiger partial charge in [-0.1, -0.05) is 0 Å². The molecule has 0 radical (unpaired) electrons. The summed E-state index contributed by atoms with van der Waals surface area (Å²) in [6.45, 7) is 0. The number of benzene rings is 1. The molecule has 0 aliphatic carbocycles. The maximum absolute atomic E-state index is 11.5. The van der Waals surface area contributed by atoms with Crippen LogP contribution in [0.25, 0.3) is 0 Å². The molecule has 0 amide bonds. The third-order valence-electron chi connectivity index (χ3n) is 2.21. The van der Waals surface area contributed by atoms with Crippen LogP contribution in [0.15, 0.2) is 24.3 Å². The molecule has 0 heterocycles. The SMILES string of the molecule is COP(=O)(O)OC(=O)c1ccc(C(=O)OP(=O)(O)OC)cc1. The normalized spacial score (nSPS) is 16.2. The first-order valence-electron chi connectivity index (χ1n) is 5.45. The van der Waals surface area contributed by atoms with Crippen LogP contribution in [0.4, 0.5) is 0 Å². The Morgan fingerprint density at radius 3 is 1.32 bits per heavy atom. The van der Waals surface area contributed by atoms with Crippen molar-refractivity contribution < 1.29 is 46.6 Å². The summed E-state index contributed by atoms with van der Waals surface area (Å²) in [4.78, 5) is 41.0. The fraction of sp³-hybridized carbons (Fsp3) is 0.200. The quantitative estimate of drug-likeness (QED) is 0.720. The van der Waals surface area contributed by atoms with E-state index >= 15 is 0 Å². The highest BCUT2D eigenvalue weighted by Gasteiger charge is 2.27. The van der Waals surface area contributed by atoms with Gasteiger partial charge < -0.3 is 9.05 Å². The Kier molecular flexibility index (Phi) is 6.01. The van der Waals surface area contributed by atoms with Crippen molar-refractivity contribution in [3.05, 3.63) is 35.4 Å². The van der Waals surface area contributed by atoms with E-state index in [1.807, 2.05) is 0 Å². The molecule has 2 atom stereocenters. The second kappa shape index (κ2) is 7.15. The Bertz CT molecular complexity index is 595. The molecule has 1 aromatic carbocycles. The number of hydrogen-bond acceptors (Lipinski definition) is 8. The molecule has 0 bridgehead atoms. The number of phosphoric ester groups is 2. The fourth-order valence-corrected chi connectivity index (χ4v) is 1.91. The number of rotatable bonds is 6. The predicted octanol–water partition coefficient (Wildman–Crippen LogP) is 1.49. The average molecular weight is 354 g/mol. The van der Waals surface area contributed by atoms with Crippen molar-refractivity contribution in [1.29, 1.82) is 0 Å². The van der Waals surface area contributed by atoms with Gasteiger partial charge >= 0.3 is 27.6 Å². The van der Waals surface area contributed by atoms with Crippen molar-refractivity contribution in [3.63, 3.8) is 0 Å². The van der Waals surface area contributed by atoms with Crippen LogP contribution in [0.1, 0.15) is 20.7 Å². The maximum Gasteiger partial charge on any atom is 0.529 e. The molecule has 0 aliphatic heterocycles. The average Bonchev–Trinajstić information content (AvgIpc) is 2.46. The monoisotopic (exact) mass is 354 g/mol. The summed E-state index contributed by atoms with van der Waals surface area (Å²) in [5, 5.41) is 0. The Labute approximate surface area is 124 Å². The molecule has 1 aromatic rings. The largest absolute Gasteiger partial charge is 0.529 e. The van der Waals surface area contributed by atoms with E-state index in [0.717, 1.165) is 38.5 Å². The molecule has 0 spiro atoms. The van der Waals surface area contributed by atoms with Crippen LogP contribution in [0.2, 0.25) is 0 Å². The van der Waals surface area contributed by atoms with Gasteiger partial charge in [0.25, 0.3) is 0 Å². The van der Waals surface area contributed by atoms with Crippen LogP contribution in [0.3, 0.4) is 0 Å². The highest BCUT2D eigenvalue weighted by Crippen LogP contribution is 2.43. The van der Waals surface area contributed by atoms with Crippen molar-refractivity contribution in [3.8, 4) is 0 Å². The van der Waals surface area contributed by atoms with Crippen LogP contribution in [-0.2, 0) is 27.2 Å². The van der Waals surface area contributed by atoms with Gasteiger partial charge in [-0.3, -0.25) is 18.8 Å². The lowest BCUT2D eigenvalue weighted by atomic mass is 10.1. The van der Waals surface area contributed by atoms with E-state index in [-0.39, 0.29) is 11.1 Å². The summed E-state index contributed by atoms with van der Waals surface area (Å²) in [5.74, 6) is -2.31. The second-order valence-electron chi connectivity index (χ2n) is 3.64. The van der Waals surface area contributed by atoms with E-state index in [9.17, 15) is 18.7 Å². The molecule has 22 heavy (non-hydrogen) atoms. The molecule has 0 fully saturated rings. The third kappa shape index (κ3) is 5.34. The summed E-state index contributed by atoms with van der Waals surface area (Å²) >= 11 is 0. The van der Waals surface area contributed by atoms with Crippen molar-refractivity contribution in [1.82, 2.24) is 0 Å². The number of carbonyl (C=O) groups excluding carboxylic acids is 2.